The highest BCUT2D eigenvalue weighted by molar-refractivity contribution is 6.30. The maximum atomic E-state index is 11.5. The number of amides is 1. The predicted octanol–water partition coefficient (Wildman–Crippen LogP) is 2.29. The van der Waals surface area contributed by atoms with E-state index in [0.717, 1.165) is 5.56 Å². The van der Waals surface area contributed by atoms with Gasteiger partial charge in [-0.2, -0.15) is 0 Å². The molecule has 0 saturated carbocycles. The van der Waals surface area contributed by atoms with Crippen molar-refractivity contribution in [3.05, 3.63) is 47.5 Å². The van der Waals surface area contributed by atoms with Crippen LogP contribution >= 0.6 is 11.6 Å². The highest BCUT2D eigenvalue weighted by Gasteiger charge is 2.08. The average molecular weight is 253 g/mol. The minimum absolute atomic E-state index is 0.0423. The van der Waals surface area contributed by atoms with Gasteiger partial charge in [0, 0.05) is 11.6 Å². The molecule has 0 aliphatic heterocycles. The van der Waals surface area contributed by atoms with Gasteiger partial charge in [0.1, 0.15) is 0 Å². The number of halogens is 1. The summed E-state index contributed by atoms with van der Waals surface area (Å²) < 4.78 is 0. The van der Waals surface area contributed by atoms with E-state index in [0.29, 0.717) is 11.6 Å². The Labute approximate surface area is 107 Å². The van der Waals surface area contributed by atoms with Gasteiger partial charge in [-0.3, -0.25) is 4.79 Å². The Morgan fingerprint density at radius 3 is 3.00 bits per heavy atom. The molecule has 0 bridgehead atoms. The van der Waals surface area contributed by atoms with Crippen molar-refractivity contribution in [1.29, 1.82) is 0 Å². The van der Waals surface area contributed by atoms with Crippen molar-refractivity contribution >= 4 is 17.5 Å². The summed E-state index contributed by atoms with van der Waals surface area (Å²) in [5, 5.41) is 6.51. The number of hydrogen-bond acceptors (Lipinski definition) is 2. The molecule has 0 aliphatic carbocycles. The number of carbonyl (C=O) groups is 1. The minimum atomic E-state index is -0.0493. The van der Waals surface area contributed by atoms with Crippen LogP contribution in [0.2, 0.25) is 5.02 Å². The maximum absolute atomic E-state index is 11.5. The van der Waals surface area contributed by atoms with Crippen molar-refractivity contribution < 1.29 is 4.79 Å². The Morgan fingerprint density at radius 2 is 2.35 bits per heavy atom. The van der Waals surface area contributed by atoms with Gasteiger partial charge in [0.05, 0.1) is 12.6 Å². The molecule has 0 fully saturated rings. The smallest absolute Gasteiger partial charge is 0.234 e. The van der Waals surface area contributed by atoms with Crippen molar-refractivity contribution in [2.45, 2.75) is 13.0 Å². The number of carbonyl (C=O) groups excluding carboxylic acids is 1. The second kappa shape index (κ2) is 7.09. The third-order valence-electron chi connectivity index (χ3n) is 2.30. The van der Waals surface area contributed by atoms with E-state index in [-0.39, 0.29) is 18.5 Å². The van der Waals surface area contributed by atoms with Gasteiger partial charge in [-0.15, -0.1) is 6.58 Å². The van der Waals surface area contributed by atoms with E-state index < -0.39 is 0 Å². The molecule has 0 heterocycles. The monoisotopic (exact) mass is 252 g/mol. The SMILES string of the molecule is C=CCNCC(=O)N[C@@H](C)c1cccc(Cl)c1. The van der Waals surface area contributed by atoms with Crippen LogP contribution < -0.4 is 10.6 Å². The number of hydrogen-bond donors (Lipinski definition) is 2. The first-order valence-electron chi connectivity index (χ1n) is 5.50. The van der Waals surface area contributed by atoms with Crippen LogP contribution in [0, 0.1) is 0 Å². The molecule has 0 unspecified atom stereocenters. The Balaban J connectivity index is 2.45. The first-order chi connectivity index (χ1) is 8.13. The fourth-order valence-corrected chi connectivity index (χ4v) is 1.64. The molecular weight excluding hydrogens is 236 g/mol. The van der Waals surface area contributed by atoms with Gasteiger partial charge in [-0.1, -0.05) is 29.8 Å². The summed E-state index contributed by atoms with van der Waals surface area (Å²) in [6.07, 6.45) is 1.72. The Morgan fingerprint density at radius 1 is 1.59 bits per heavy atom. The zero-order valence-corrected chi connectivity index (χ0v) is 10.6. The summed E-state index contributed by atoms with van der Waals surface area (Å²) >= 11 is 5.89. The predicted molar refractivity (Wildman–Crippen MR) is 71.1 cm³/mol. The van der Waals surface area contributed by atoms with E-state index in [1.165, 1.54) is 0 Å². The van der Waals surface area contributed by atoms with Crippen LogP contribution in [0.25, 0.3) is 0 Å². The van der Waals surface area contributed by atoms with Gasteiger partial charge in [0.2, 0.25) is 5.91 Å². The van der Waals surface area contributed by atoms with Gasteiger partial charge in [-0.05, 0) is 24.6 Å². The largest absolute Gasteiger partial charge is 0.348 e. The fraction of sp³-hybridized carbons (Fsp3) is 0.308. The lowest BCUT2D eigenvalue weighted by atomic mass is 10.1. The maximum Gasteiger partial charge on any atom is 0.234 e. The molecule has 0 aliphatic rings. The molecule has 1 rings (SSSR count). The van der Waals surface area contributed by atoms with Gasteiger partial charge >= 0.3 is 0 Å². The lowest BCUT2D eigenvalue weighted by Gasteiger charge is -2.14. The van der Waals surface area contributed by atoms with Gasteiger partial charge in [0.15, 0.2) is 0 Å². The summed E-state index contributed by atoms with van der Waals surface area (Å²) in [6, 6.07) is 7.42. The van der Waals surface area contributed by atoms with Gasteiger partial charge < -0.3 is 10.6 Å². The van der Waals surface area contributed by atoms with Crippen molar-refractivity contribution in [3.8, 4) is 0 Å². The van der Waals surface area contributed by atoms with Crippen LogP contribution in [0.5, 0.6) is 0 Å². The first kappa shape index (κ1) is 13.7. The standard InChI is InChI=1S/C13H17ClN2O/c1-3-7-15-9-13(17)16-10(2)11-5-4-6-12(14)8-11/h3-6,8,10,15H,1,7,9H2,2H3,(H,16,17)/t10-/m0/s1. The highest BCUT2D eigenvalue weighted by Crippen LogP contribution is 2.16. The molecule has 3 nitrogen and oxygen atoms in total. The highest BCUT2D eigenvalue weighted by atomic mass is 35.5. The number of nitrogens with one attached hydrogen (secondary N) is 2. The summed E-state index contributed by atoms with van der Waals surface area (Å²) in [4.78, 5) is 11.5. The van der Waals surface area contributed by atoms with Crippen LogP contribution in [-0.2, 0) is 4.79 Å². The summed E-state index contributed by atoms with van der Waals surface area (Å²) in [6.45, 7) is 6.41. The molecule has 4 heteroatoms. The summed E-state index contributed by atoms with van der Waals surface area (Å²) in [5.74, 6) is -0.0423. The van der Waals surface area contributed by atoms with E-state index in [1.54, 1.807) is 6.08 Å². The normalized spacial score (nSPS) is 11.9. The topological polar surface area (TPSA) is 41.1 Å². The average Bonchev–Trinajstić information content (AvgIpc) is 2.29. The number of rotatable bonds is 6. The molecule has 17 heavy (non-hydrogen) atoms. The second-order valence-electron chi connectivity index (χ2n) is 3.76. The van der Waals surface area contributed by atoms with Crippen LogP contribution in [0.4, 0.5) is 0 Å². The second-order valence-corrected chi connectivity index (χ2v) is 4.20. The molecule has 0 radical (unpaired) electrons. The van der Waals surface area contributed by atoms with Gasteiger partial charge in [0.25, 0.3) is 0 Å². The molecule has 1 aromatic carbocycles. The lowest BCUT2D eigenvalue weighted by molar-refractivity contribution is -0.120. The van der Waals surface area contributed by atoms with E-state index in [4.69, 9.17) is 11.6 Å². The van der Waals surface area contributed by atoms with E-state index in [2.05, 4.69) is 17.2 Å². The molecule has 2 N–H and O–H groups in total. The van der Waals surface area contributed by atoms with E-state index >= 15 is 0 Å². The van der Waals surface area contributed by atoms with Crippen LogP contribution in [0.3, 0.4) is 0 Å². The van der Waals surface area contributed by atoms with Crippen LogP contribution in [0.1, 0.15) is 18.5 Å². The molecule has 0 aromatic heterocycles. The lowest BCUT2D eigenvalue weighted by Crippen LogP contribution is -2.35. The molecule has 0 saturated heterocycles. The first-order valence-corrected chi connectivity index (χ1v) is 5.87. The molecule has 92 valence electrons. The third kappa shape index (κ3) is 5.02. The van der Waals surface area contributed by atoms with E-state index in [1.807, 2.05) is 31.2 Å². The number of benzene rings is 1. The van der Waals surface area contributed by atoms with Crippen molar-refractivity contribution in [3.63, 3.8) is 0 Å². The zero-order chi connectivity index (χ0) is 12.7. The van der Waals surface area contributed by atoms with Crippen LogP contribution in [0.15, 0.2) is 36.9 Å². The molecule has 0 spiro atoms. The summed E-state index contributed by atoms with van der Waals surface area (Å²) in [7, 11) is 0. The Kier molecular flexibility index (Phi) is 5.73. The molecule has 1 amide bonds. The quantitative estimate of drug-likeness (QED) is 0.603. The van der Waals surface area contributed by atoms with Crippen LogP contribution in [-0.4, -0.2) is 19.0 Å². The molecular formula is C13H17ClN2O. The van der Waals surface area contributed by atoms with Crippen molar-refractivity contribution in [1.82, 2.24) is 10.6 Å². The molecule has 1 atom stereocenters. The van der Waals surface area contributed by atoms with Crippen molar-refractivity contribution in [2.24, 2.45) is 0 Å². The minimum Gasteiger partial charge on any atom is -0.348 e. The summed E-state index contributed by atoms with van der Waals surface area (Å²) in [5.41, 5.74) is 0.995. The Hall–Kier alpha value is -1.32. The van der Waals surface area contributed by atoms with Crippen molar-refractivity contribution in [2.75, 3.05) is 13.1 Å². The molecule has 1 aromatic rings. The fourth-order valence-electron chi connectivity index (χ4n) is 1.44. The Bertz CT molecular complexity index is 393. The van der Waals surface area contributed by atoms with E-state index in [9.17, 15) is 4.79 Å². The third-order valence-corrected chi connectivity index (χ3v) is 2.54. The zero-order valence-electron chi connectivity index (χ0n) is 9.87. The van der Waals surface area contributed by atoms with Gasteiger partial charge in [-0.25, -0.2) is 0 Å².